The summed E-state index contributed by atoms with van der Waals surface area (Å²) in [7, 11) is 0. The number of aldehydes is 1. The van der Waals surface area contributed by atoms with Crippen LogP contribution in [0.5, 0.6) is 0 Å². The maximum Gasteiger partial charge on any atom is 0.371 e. The standard InChI is InChI=1S/C4H6O3.H2O/c1-2-7-4(6)3-5;/h3H,2H2,1H3;1H2. The van der Waals surface area contributed by atoms with E-state index in [0.717, 1.165) is 0 Å². The van der Waals surface area contributed by atoms with Crippen molar-refractivity contribution in [1.82, 2.24) is 0 Å². The monoisotopic (exact) mass is 120 g/mol. The summed E-state index contributed by atoms with van der Waals surface area (Å²) in [5.41, 5.74) is 0. The molecule has 4 heteroatoms. The summed E-state index contributed by atoms with van der Waals surface area (Å²) in [6, 6.07) is 0. The molecule has 0 aromatic carbocycles. The van der Waals surface area contributed by atoms with Gasteiger partial charge in [0.15, 0.2) is 0 Å². The van der Waals surface area contributed by atoms with Gasteiger partial charge in [-0.05, 0) is 6.92 Å². The minimum Gasteiger partial charge on any atom is -0.460 e. The Labute approximate surface area is 46.8 Å². The van der Waals surface area contributed by atoms with Crippen molar-refractivity contribution >= 4 is 12.3 Å². The number of rotatable bonds is 2. The molecule has 0 heterocycles. The predicted molar refractivity (Wildman–Crippen MR) is 26.3 cm³/mol. The Morgan fingerprint density at radius 1 is 1.75 bits per heavy atom. The molecule has 0 amide bonds. The lowest BCUT2D eigenvalue weighted by Crippen LogP contribution is -2.03. The molecule has 0 aliphatic carbocycles. The van der Waals surface area contributed by atoms with E-state index in [2.05, 4.69) is 4.74 Å². The molecule has 0 bridgehead atoms. The summed E-state index contributed by atoms with van der Waals surface area (Å²) >= 11 is 0. The van der Waals surface area contributed by atoms with Crippen molar-refractivity contribution in [2.24, 2.45) is 0 Å². The Kier molecular flexibility index (Phi) is 7.74. The van der Waals surface area contributed by atoms with Crippen LogP contribution < -0.4 is 0 Å². The van der Waals surface area contributed by atoms with Crippen molar-refractivity contribution in [3.63, 3.8) is 0 Å². The molecule has 0 spiro atoms. The van der Waals surface area contributed by atoms with Crippen LogP contribution in [0, 0.1) is 0 Å². The third-order valence-corrected chi connectivity index (χ3v) is 0.383. The first-order valence-electron chi connectivity index (χ1n) is 1.93. The molecule has 0 aromatic heterocycles. The van der Waals surface area contributed by atoms with Crippen LogP contribution in [0.2, 0.25) is 0 Å². The Bertz CT molecular complexity index is 78.1. The molecule has 0 aliphatic rings. The van der Waals surface area contributed by atoms with Crippen LogP contribution in [0.1, 0.15) is 6.92 Å². The van der Waals surface area contributed by atoms with Crippen LogP contribution >= 0.6 is 0 Å². The Balaban J connectivity index is 0. The van der Waals surface area contributed by atoms with E-state index in [0.29, 0.717) is 0 Å². The summed E-state index contributed by atoms with van der Waals surface area (Å²) in [6.07, 6.45) is 0.142. The van der Waals surface area contributed by atoms with Crippen molar-refractivity contribution in [1.29, 1.82) is 0 Å². The summed E-state index contributed by atoms with van der Waals surface area (Å²) < 4.78 is 4.18. The highest BCUT2D eigenvalue weighted by atomic mass is 16.5. The quantitative estimate of drug-likeness (QED) is 0.264. The fourth-order valence-electron chi connectivity index (χ4n) is 0.176. The average Bonchev–Trinajstić information content (AvgIpc) is 1.68. The molecule has 48 valence electrons. The molecule has 4 nitrogen and oxygen atoms in total. The van der Waals surface area contributed by atoms with Crippen molar-refractivity contribution in [2.45, 2.75) is 6.92 Å². The van der Waals surface area contributed by atoms with Gasteiger partial charge >= 0.3 is 5.97 Å². The van der Waals surface area contributed by atoms with Gasteiger partial charge < -0.3 is 10.2 Å². The van der Waals surface area contributed by atoms with Crippen LogP contribution in [0.3, 0.4) is 0 Å². The minimum absolute atomic E-state index is 0. The molecule has 0 saturated carbocycles. The summed E-state index contributed by atoms with van der Waals surface area (Å²) in [6.45, 7) is 1.90. The highest BCUT2D eigenvalue weighted by molar-refractivity contribution is 6.20. The SMILES string of the molecule is CCOC(=O)C=O.O. The lowest BCUT2D eigenvalue weighted by atomic mass is 10.7. The van der Waals surface area contributed by atoms with Gasteiger partial charge in [-0.2, -0.15) is 0 Å². The first kappa shape index (κ1) is 10.2. The van der Waals surface area contributed by atoms with Gasteiger partial charge in [-0.15, -0.1) is 0 Å². The summed E-state index contributed by atoms with van der Waals surface area (Å²) in [5.74, 6) is -0.803. The van der Waals surface area contributed by atoms with E-state index in [9.17, 15) is 9.59 Å². The zero-order valence-corrected chi connectivity index (χ0v) is 4.51. The lowest BCUT2D eigenvalue weighted by Gasteiger charge is -1.88. The number of hydrogen-bond acceptors (Lipinski definition) is 3. The van der Waals surface area contributed by atoms with Crippen LogP contribution in [0.15, 0.2) is 0 Å². The number of carbonyl (C=O) groups excluding carboxylic acids is 2. The third kappa shape index (κ3) is 5.10. The van der Waals surface area contributed by atoms with Gasteiger partial charge in [-0.3, -0.25) is 4.79 Å². The maximum absolute atomic E-state index is 9.82. The predicted octanol–water partition coefficient (Wildman–Crippen LogP) is -1.08. The van der Waals surface area contributed by atoms with E-state index in [1.165, 1.54) is 0 Å². The van der Waals surface area contributed by atoms with Crippen LogP contribution in [0.25, 0.3) is 0 Å². The van der Waals surface area contributed by atoms with E-state index in [-0.39, 0.29) is 18.4 Å². The third-order valence-electron chi connectivity index (χ3n) is 0.383. The Hall–Kier alpha value is -0.900. The molecule has 0 fully saturated rings. The van der Waals surface area contributed by atoms with Gasteiger partial charge in [-0.1, -0.05) is 0 Å². The molecule has 0 rings (SSSR count). The molecule has 0 saturated heterocycles. The van der Waals surface area contributed by atoms with Gasteiger partial charge in [0.05, 0.1) is 6.61 Å². The molecule has 0 aromatic rings. The van der Waals surface area contributed by atoms with E-state index >= 15 is 0 Å². The minimum atomic E-state index is -0.803. The zero-order chi connectivity index (χ0) is 5.70. The maximum atomic E-state index is 9.82. The van der Waals surface area contributed by atoms with E-state index < -0.39 is 5.97 Å². The van der Waals surface area contributed by atoms with E-state index in [1.54, 1.807) is 6.92 Å². The Morgan fingerprint density at radius 2 is 2.25 bits per heavy atom. The molecule has 0 unspecified atom stereocenters. The van der Waals surface area contributed by atoms with Gasteiger partial charge in [0.1, 0.15) is 0 Å². The second-order valence-corrected chi connectivity index (χ2v) is 0.870. The number of esters is 1. The average molecular weight is 120 g/mol. The molecular weight excluding hydrogens is 112 g/mol. The molecule has 8 heavy (non-hydrogen) atoms. The first-order valence-corrected chi connectivity index (χ1v) is 1.93. The largest absolute Gasteiger partial charge is 0.460 e. The van der Waals surface area contributed by atoms with Gasteiger partial charge in [-0.25, -0.2) is 4.79 Å². The highest BCUT2D eigenvalue weighted by Gasteiger charge is 1.91. The van der Waals surface area contributed by atoms with Gasteiger partial charge in [0, 0.05) is 0 Å². The normalized spacial score (nSPS) is 6.62. The van der Waals surface area contributed by atoms with Gasteiger partial charge in [0.25, 0.3) is 0 Å². The first-order chi connectivity index (χ1) is 3.31. The molecular formula is C4H8O4. The highest BCUT2D eigenvalue weighted by Crippen LogP contribution is 1.68. The molecule has 0 atom stereocenters. The van der Waals surface area contributed by atoms with Crippen molar-refractivity contribution in [2.75, 3.05) is 6.61 Å². The van der Waals surface area contributed by atoms with Crippen molar-refractivity contribution in [3.8, 4) is 0 Å². The zero-order valence-electron chi connectivity index (χ0n) is 4.51. The summed E-state index contributed by atoms with van der Waals surface area (Å²) in [5, 5.41) is 0. The van der Waals surface area contributed by atoms with Crippen molar-refractivity contribution in [3.05, 3.63) is 0 Å². The smallest absolute Gasteiger partial charge is 0.371 e. The van der Waals surface area contributed by atoms with Gasteiger partial charge in [0.2, 0.25) is 6.29 Å². The van der Waals surface area contributed by atoms with E-state index in [1.807, 2.05) is 0 Å². The van der Waals surface area contributed by atoms with Crippen LogP contribution in [-0.2, 0) is 14.3 Å². The number of ether oxygens (including phenoxy) is 1. The number of carbonyl (C=O) groups is 2. The lowest BCUT2D eigenvalue weighted by molar-refractivity contribution is -0.148. The second kappa shape index (κ2) is 6.10. The fourth-order valence-corrected chi connectivity index (χ4v) is 0.176. The second-order valence-electron chi connectivity index (χ2n) is 0.870. The topological polar surface area (TPSA) is 74.9 Å². The molecule has 2 N–H and O–H groups in total. The van der Waals surface area contributed by atoms with Crippen LogP contribution in [0.4, 0.5) is 0 Å². The fraction of sp³-hybridized carbons (Fsp3) is 0.500. The molecule has 0 radical (unpaired) electrons. The Morgan fingerprint density at radius 3 is 2.38 bits per heavy atom. The summed E-state index contributed by atoms with van der Waals surface area (Å²) in [4.78, 5) is 19.2. The van der Waals surface area contributed by atoms with Crippen molar-refractivity contribution < 1.29 is 19.8 Å². The molecule has 0 aliphatic heterocycles. The number of hydrogen-bond donors (Lipinski definition) is 0. The van der Waals surface area contributed by atoms with E-state index in [4.69, 9.17) is 0 Å². The van der Waals surface area contributed by atoms with Crippen LogP contribution in [-0.4, -0.2) is 24.3 Å².